The maximum atomic E-state index is 14.7. The van der Waals surface area contributed by atoms with Crippen LogP contribution in [0.4, 0.5) is 4.39 Å². The summed E-state index contributed by atoms with van der Waals surface area (Å²) in [6.07, 6.45) is 9.10. The Kier molecular flexibility index (Phi) is 6.34. The Morgan fingerprint density at radius 3 is 2.87 bits per heavy atom. The fourth-order valence-corrected chi connectivity index (χ4v) is 4.35. The molecule has 1 unspecified atom stereocenters. The molecule has 0 spiro atoms. The lowest BCUT2D eigenvalue weighted by molar-refractivity contribution is -0.123. The summed E-state index contributed by atoms with van der Waals surface area (Å²) in [4.78, 5) is 19.6. The number of carbonyl (C=O) groups is 1. The number of aromatic nitrogens is 2. The number of H-pyrrole nitrogens is 1. The van der Waals surface area contributed by atoms with Gasteiger partial charge in [0, 0.05) is 22.9 Å². The summed E-state index contributed by atoms with van der Waals surface area (Å²) in [7, 11) is 0. The van der Waals surface area contributed by atoms with Gasteiger partial charge in [-0.05, 0) is 59.0 Å². The van der Waals surface area contributed by atoms with Crippen molar-refractivity contribution in [2.45, 2.75) is 50.6 Å². The molecule has 0 bridgehead atoms. The minimum atomic E-state index is -0.714. The van der Waals surface area contributed by atoms with E-state index in [0.717, 1.165) is 35.5 Å². The average molecular weight is 475 g/mol. The van der Waals surface area contributed by atoms with Crippen molar-refractivity contribution in [3.63, 3.8) is 0 Å². The number of benzene rings is 1. The van der Waals surface area contributed by atoms with Crippen molar-refractivity contribution in [1.82, 2.24) is 15.3 Å². The molecule has 2 aromatic heterocycles. The summed E-state index contributed by atoms with van der Waals surface area (Å²) in [6, 6.07) is 5.83. The van der Waals surface area contributed by atoms with E-state index in [-0.39, 0.29) is 24.1 Å². The number of nitrogens with one attached hydrogen (secondary N) is 2. The molecule has 158 valence electrons. The molecule has 0 saturated heterocycles. The first kappa shape index (κ1) is 20.8. The average Bonchev–Trinajstić information content (AvgIpc) is 3.12. The van der Waals surface area contributed by atoms with E-state index >= 15 is 0 Å². The fourth-order valence-electron chi connectivity index (χ4n) is 3.85. The predicted molar refractivity (Wildman–Crippen MR) is 117 cm³/mol. The van der Waals surface area contributed by atoms with Crippen molar-refractivity contribution in [2.24, 2.45) is 5.73 Å². The van der Waals surface area contributed by atoms with Crippen molar-refractivity contribution < 1.29 is 13.9 Å². The van der Waals surface area contributed by atoms with E-state index in [0.29, 0.717) is 17.0 Å². The molecule has 1 atom stereocenters. The number of hydrogen-bond acceptors (Lipinski definition) is 4. The van der Waals surface area contributed by atoms with E-state index in [4.69, 9.17) is 10.5 Å². The molecule has 1 aliphatic carbocycles. The van der Waals surface area contributed by atoms with E-state index in [1.54, 1.807) is 30.6 Å². The van der Waals surface area contributed by atoms with Crippen LogP contribution in [0.2, 0.25) is 0 Å². The third kappa shape index (κ3) is 4.65. The van der Waals surface area contributed by atoms with Crippen LogP contribution in [0.5, 0.6) is 11.5 Å². The summed E-state index contributed by atoms with van der Waals surface area (Å²) in [5.74, 6) is -0.106. The Hall–Kier alpha value is -2.45. The van der Waals surface area contributed by atoms with Crippen LogP contribution in [0.25, 0.3) is 11.0 Å². The number of pyridine rings is 1. The number of amides is 1. The van der Waals surface area contributed by atoms with Gasteiger partial charge in [0.1, 0.15) is 11.4 Å². The van der Waals surface area contributed by atoms with Gasteiger partial charge in [-0.2, -0.15) is 0 Å². The third-order valence-corrected chi connectivity index (χ3v) is 6.07. The van der Waals surface area contributed by atoms with Gasteiger partial charge in [-0.1, -0.05) is 25.3 Å². The maximum absolute atomic E-state index is 14.7. The zero-order chi connectivity index (χ0) is 21.1. The highest BCUT2D eigenvalue weighted by atomic mass is 79.9. The monoisotopic (exact) mass is 474 g/mol. The molecular formula is C22H24BrFN4O2. The zero-order valence-electron chi connectivity index (χ0n) is 16.5. The number of rotatable bonds is 6. The van der Waals surface area contributed by atoms with Gasteiger partial charge >= 0.3 is 0 Å². The second kappa shape index (κ2) is 9.14. The number of fused-ring (bicyclic) bond motifs is 1. The molecule has 6 nitrogen and oxygen atoms in total. The van der Waals surface area contributed by atoms with Gasteiger partial charge in [0.15, 0.2) is 11.6 Å². The van der Waals surface area contributed by atoms with E-state index in [2.05, 4.69) is 31.2 Å². The number of halogens is 2. The molecule has 1 aromatic carbocycles. The summed E-state index contributed by atoms with van der Waals surface area (Å²) in [6.45, 7) is 0. The number of hydrogen-bond donors (Lipinski definition) is 3. The van der Waals surface area contributed by atoms with Crippen molar-refractivity contribution in [2.75, 3.05) is 0 Å². The summed E-state index contributed by atoms with van der Waals surface area (Å²) >= 11 is 3.44. The standard InChI is InChI=1S/C22H24BrFN4O2/c23-15-12-27-21-20(15)19(8-9-26-21)30-18-7-6-13(10-16(18)24)11-17(25)22(29)28-14-4-2-1-3-5-14/h6-10,12,14,17H,1-5,11,25H2,(H,26,27)(H,28,29). The Bertz CT molecular complexity index is 1050. The van der Waals surface area contributed by atoms with Crippen LogP contribution in [0.15, 0.2) is 41.1 Å². The summed E-state index contributed by atoms with van der Waals surface area (Å²) in [5, 5.41) is 3.76. The first-order valence-corrected chi connectivity index (χ1v) is 10.9. The van der Waals surface area contributed by atoms with Gasteiger partial charge in [-0.25, -0.2) is 9.37 Å². The van der Waals surface area contributed by atoms with Gasteiger partial charge in [-0.3, -0.25) is 4.79 Å². The smallest absolute Gasteiger partial charge is 0.237 e. The van der Waals surface area contributed by atoms with Crippen molar-refractivity contribution in [1.29, 1.82) is 0 Å². The quantitative estimate of drug-likeness (QED) is 0.487. The molecule has 2 heterocycles. The molecule has 3 aromatic rings. The zero-order valence-corrected chi connectivity index (χ0v) is 18.0. The van der Waals surface area contributed by atoms with Crippen LogP contribution in [-0.2, 0) is 11.2 Å². The first-order chi connectivity index (χ1) is 14.5. The minimum Gasteiger partial charge on any atom is -0.453 e. The highest BCUT2D eigenvalue weighted by Gasteiger charge is 2.21. The first-order valence-electron chi connectivity index (χ1n) is 10.1. The predicted octanol–water partition coefficient (Wildman–Crippen LogP) is 4.58. The molecule has 1 amide bonds. The van der Waals surface area contributed by atoms with Crippen LogP contribution in [0.3, 0.4) is 0 Å². The van der Waals surface area contributed by atoms with Crippen molar-refractivity contribution in [3.8, 4) is 11.5 Å². The molecule has 8 heteroatoms. The van der Waals surface area contributed by atoms with Gasteiger partial charge < -0.3 is 20.8 Å². The van der Waals surface area contributed by atoms with E-state index < -0.39 is 11.9 Å². The molecule has 1 aliphatic rings. The fraction of sp³-hybridized carbons (Fsp3) is 0.364. The van der Waals surface area contributed by atoms with Crippen LogP contribution >= 0.6 is 15.9 Å². The van der Waals surface area contributed by atoms with Crippen molar-refractivity contribution >= 4 is 32.9 Å². The highest BCUT2D eigenvalue weighted by molar-refractivity contribution is 9.10. The minimum absolute atomic E-state index is 0.0968. The van der Waals surface area contributed by atoms with E-state index in [1.165, 1.54) is 12.5 Å². The van der Waals surface area contributed by atoms with Crippen molar-refractivity contribution in [3.05, 3.63) is 52.5 Å². The molecule has 30 heavy (non-hydrogen) atoms. The molecule has 4 N–H and O–H groups in total. The molecule has 4 rings (SSSR count). The van der Waals surface area contributed by atoms with E-state index in [9.17, 15) is 9.18 Å². The topological polar surface area (TPSA) is 93.0 Å². The number of ether oxygens (including phenoxy) is 1. The van der Waals surface area contributed by atoms with Gasteiger partial charge in [0.05, 0.1) is 11.4 Å². The largest absolute Gasteiger partial charge is 0.453 e. The lowest BCUT2D eigenvalue weighted by Gasteiger charge is -2.24. The Balaban J connectivity index is 1.42. The summed E-state index contributed by atoms with van der Waals surface area (Å²) < 4.78 is 21.3. The number of nitrogens with zero attached hydrogens (tertiary/aromatic N) is 1. The molecular weight excluding hydrogens is 451 g/mol. The van der Waals surface area contributed by atoms with Gasteiger partial charge in [-0.15, -0.1) is 0 Å². The molecule has 0 aliphatic heterocycles. The SMILES string of the molecule is NC(Cc1ccc(Oc2ccnc3[nH]cc(Br)c23)c(F)c1)C(=O)NC1CCCCC1. The van der Waals surface area contributed by atoms with Gasteiger partial charge in [0.25, 0.3) is 0 Å². The third-order valence-electron chi connectivity index (χ3n) is 5.45. The molecule has 0 radical (unpaired) electrons. The number of nitrogens with two attached hydrogens (primary N) is 1. The highest BCUT2D eigenvalue weighted by Crippen LogP contribution is 2.34. The molecule has 1 fully saturated rings. The Morgan fingerprint density at radius 1 is 1.30 bits per heavy atom. The van der Waals surface area contributed by atoms with Crippen LogP contribution < -0.4 is 15.8 Å². The van der Waals surface area contributed by atoms with Gasteiger partial charge in [0.2, 0.25) is 5.91 Å². The normalized spacial score (nSPS) is 15.8. The molecule has 1 saturated carbocycles. The number of aromatic amines is 1. The van der Waals surface area contributed by atoms with Crippen LogP contribution in [-0.4, -0.2) is 28.0 Å². The number of carbonyl (C=O) groups excluding carboxylic acids is 1. The Labute approximate surface area is 182 Å². The summed E-state index contributed by atoms with van der Waals surface area (Å²) in [5.41, 5.74) is 7.36. The van der Waals surface area contributed by atoms with Crippen LogP contribution in [0, 0.1) is 5.82 Å². The maximum Gasteiger partial charge on any atom is 0.237 e. The second-order valence-corrected chi connectivity index (χ2v) is 8.54. The Morgan fingerprint density at radius 2 is 2.10 bits per heavy atom. The lowest BCUT2D eigenvalue weighted by Crippen LogP contribution is -2.46. The lowest BCUT2D eigenvalue weighted by atomic mass is 9.95. The van der Waals surface area contributed by atoms with E-state index in [1.807, 2.05) is 0 Å². The van der Waals surface area contributed by atoms with Crippen LogP contribution in [0.1, 0.15) is 37.7 Å². The second-order valence-electron chi connectivity index (χ2n) is 7.69.